The number of aromatic nitrogens is 12. The second-order valence-corrected chi connectivity index (χ2v) is 37.1. The Kier molecular flexibility index (Phi) is 32.3. The molecule has 0 amide bonds. The van der Waals surface area contributed by atoms with E-state index >= 15 is 0 Å². The van der Waals surface area contributed by atoms with Gasteiger partial charge in [-0.25, -0.2) is 29.9 Å². The fourth-order valence-electron chi connectivity index (χ4n) is 16.9. The summed E-state index contributed by atoms with van der Waals surface area (Å²) in [4.78, 5) is 49.3. The van der Waals surface area contributed by atoms with Gasteiger partial charge in [-0.3, -0.25) is 0 Å². The van der Waals surface area contributed by atoms with Crippen LogP contribution in [0.4, 0.5) is 0 Å². The summed E-state index contributed by atoms with van der Waals surface area (Å²) in [6.45, 7) is 12.6. The quantitative estimate of drug-likeness (QED) is 0.0489. The van der Waals surface area contributed by atoms with Crippen LogP contribution in [-0.4, -0.2) is 66.9 Å². The van der Waals surface area contributed by atoms with Gasteiger partial charge in [0.2, 0.25) is 0 Å². The Balaban J connectivity index is 0.000000119. The maximum atomic E-state index is 6.32. The molecule has 135 heavy (non-hydrogen) atoms. The molecule has 6 N–H and O–H groups in total. The highest BCUT2D eigenvalue weighted by Gasteiger charge is 2.26. The third kappa shape index (κ3) is 25.1. The Labute approximate surface area is 822 Å². The largest absolute Gasteiger partial charge is 0.497 e. The van der Waals surface area contributed by atoms with Crippen LogP contribution in [0.15, 0.2) is 349 Å². The first-order valence-corrected chi connectivity index (χ1v) is 48.6. The van der Waals surface area contributed by atoms with Crippen molar-refractivity contribution < 1.29 is 9.47 Å². The smallest absolute Gasteiger partial charge is 0.120 e. The van der Waals surface area contributed by atoms with Gasteiger partial charge >= 0.3 is 0 Å². The average Bonchev–Trinajstić information content (AvgIpc) is 1.65. The monoisotopic (exact) mass is 1960 g/mol. The Bertz CT molecular complexity index is 6740. The van der Waals surface area contributed by atoms with Gasteiger partial charge in [0.1, 0.15) is 53.1 Å². The van der Waals surface area contributed by atoms with Crippen LogP contribution >= 0.6 is 66.7 Å². The molecule has 2 aliphatic carbocycles. The van der Waals surface area contributed by atoms with Gasteiger partial charge in [-0.2, -0.15) is 0 Å². The van der Waals surface area contributed by atoms with E-state index in [-0.39, 0.29) is 0 Å². The van der Waals surface area contributed by atoms with Crippen LogP contribution in [0.25, 0.3) is 135 Å². The number of hydrogen-bond acceptors (Lipinski definition) is 8. The Morgan fingerprint density at radius 3 is 0.948 bits per heavy atom. The van der Waals surface area contributed by atoms with Gasteiger partial charge in [0.05, 0.1) is 75.4 Å². The van der Waals surface area contributed by atoms with Crippen LogP contribution in [-0.2, 0) is 6.61 Å². The van der Waals surface area contributed by atoms with Crippen LogP contribution in [0.3, 0.4) is 0 Å². The van der Waals surface area contributed by atoms with Crippen LogP contribution < -0.4 is 9.47 Å². The fraction of sp³-hybridized carbons (Fsp3) is 0.172. The highest BCUT2D eigenvalue weighted by atomic mass is 79.9. The third-order valence-corrected chi connectivity index (χ3v) is 25.7. The number of aromatic amines is 6. The molecule has 0 aliphatic heterocycles. The molecule has 14 nitrogen and oxygen atoms in total. The maximum Gasteiger partial charge on any atom is 0.120 e. The number of halogens is 5. The van der Waals surface area contributed by atoms with Crippen molar-refractivity contribution in [2.45, 2.75) is 124 Å². The van der Waals surface area contributed by atoms with E-state index in [0.717, 1.165) is 200 Å². The number of methoxy groups -OCH3 is 1. The molecular formula is C116H107Br2Cl3N12O2. The SMILES string of the molecule is Brc1ccc(-c2nc(C3CCCCC3)[nH]c2-c2ccc(Br)cc2)cc1.COc1ccc(-c2[nH]c(C)nc2-c2ccccc2)cc1.Cc1ccc(-c2[nH]c(C)nc2-c2ccc(Cl)cc2)cc1.Cc1ccc(-c2[nH]c(C)nc2-c2ccccc2)cc1.Cc1nc(-c2ccccc2)c(-c2ccc(Cl)cc2)[nH]1.Clc1cccc(-c2nc(C3CCCCC3)[nH]c2-c2cccc(OCc3ccccc3)c2)c1. The van der Waals surface area contributed by atoms with Crippen molar-refractivity contribution >= 4 is 66.7 Å². The van der Waals surface area contributed by atoms with Gasteiger partial charge in [-0.1, -0.05) is 359 Å². The lowest BCUT2D eigenvalue weighted by Gasteiger charge is -2.19. The van der Waals surface area contributed by atoms with Gasteiger partial charge in [0, 0.05) is 103 Å². The van der Waals surface area contributed by atoms with E-state index in [0.29, 0.717) is 18.4 Å². The molecule has 19 aromatic rings. The van der Waals surface area contributed by atoms with Crippen molar-refractivity contribution in [1.82, 2.24) is 59.8 Å². The molecule has 0 radical (unpaired) electrons. The number of benzene rings is 13. The summed E-state index contributed by atoms with van der Waals surface area (Å²) in [7, 11) is 1.67. The first kappa shape index (κ1) is 94.7. The van der Waals surface area contributed by atoms with Crippen molar-refractivity contribution in [3.05, 3.63) is 415 Å². The lowest BCUT2D eigenvalue weighted by molar-refractivity contribution is 0.306. The number of ether oxygens (including phenoxy) is 2. The van der Waals surface area contributed by atoms with E-state index in [1.807, 2.05) is 204 Å². The van der Waals surface area contributed by atoms with Crippen LogP contribution in [0.2, 0.25) is 15.1 Å². The molecule has 2 aliphatic rings. The number of hydrogen-bond donors (Lipinski definition) is 6. The van der Waals surface area contributed by atoms with Gasteiger partial charge in [-0.15, -0.1) is 0 Å². The fourth-order valence-corrected chi connectivity index (χ4v) is 17.9. The zero-order valence-electron chi connectivity index (χ0n) is 76.7. The first-order valence-electron chi connectivity index (χ1n) is 45.8. The topological polar surface area (TPSA) is 191 Å². The van der Waals surface area contributed by atoms with Crippen molar-refractivity contribution in [2.24, 2.45) is 0 Å². The zero-order valence-corrected chi connectivity index (χ0v) is 82.1. The van der Waals surface area contributed by atoms with E-state index < -0.39 is 0 Å². The molecule has 0 spiro atoms. The summed E-state index contributed by atoms with van der Waals surface area (Å²) in [5, 5.41) is 2.19. The first-order chi connectivity index (χ1) is 65.8. The summed E-state index contributed by atoms with van der Waals surface area (Å²) in [6.07, 6.45) is 12.7. The summed E-state index contributed by atoms with van der Waals surface area (Å²) in [5.74, 6) is 8.66. The van der Waals surface area contributed by atoms with E-state index in [1.54, 1.807) is 7.11 Å². The second-order valence-electron chi connectivity index (χ2n) is 33.9. The highest BCUT2D eigenvalue weighted by Crippen LogP contribution is 2.43. The van der Waals surface area contributed by atoms with Gasteiger partial charge in [0.15, 0.2) is 0 Å². The van der Waals surface area contributed by atoms with E-state index in [1.165, 1.54) is 86.5 Å². The number of imidazole rings is 6. The minimum Gasteiger partial charge on any atom is -0.497 e. The lowest BCUT2D eigenvalue weighted by atomic mass is 9.89. The minimum atomic E-state index is 0.493. The molecular weight excluding hydrogens is 1860 g/mol. The van der Waals surface area contributed by atoms with Crippen molar-refractivity contribution in [3.8, 4) is 147 Å². The lowest BCUT2D eigenvalue weighted by Crippen LogP contribution is -2.06. The van der Waals surface area contributed by atoms with Crippen LogP contribution in [0, 0.1) is 41.5 Å². The number of H-pyrrole nitrogens is 6. The molecule has 6 heterocycles. The normalized spacial score (nSPS) is 12.4. The molecule has 6 aromatic heterocycles. The molecule has 19 heteroatoms. The van der Waals surface area contributed by atoms with Gasteiger partial charge in [-0.05, 0) is 170 Å². The molecule has 0 atom stereocenters. The predicted molar refractivity (Wildman–Crippen MR) is 565 cm³/mol. The van der Waals surface area contributed by atoms with Crippen LogP contribution in [0.1, 0.15) is 128 Å². The van der Waals surface area contributed by atoms with Crippen molar-refractivity contribution in [3.63, 3.8) is 0 Å². The molecule has 21 rings (SSSR count). The summed E-state index contributed by atoms with van der Waals surface area (Å²) < 4.78 is 13.5. The molecule has 0 bridgehead atoms. The second kappa shape index (κ2) is 46.0. The maximum absolute atomic E-state index is 6.32. The molecule has 0 unspecified atom stereocenters. The number of nitrogens with one attached hydrogen (secondary N) is 6. The predicted octanol–water partition coefficient (Wildman–Crippen LogP) is 33.5. The zero-order chi connectivity index (χ0) is 93.5. The summed E-state index contributed by atoms with van der Waals surface area (Å²) in [6, 6.07) is 114. The molecule has 0 saturated heterocycles. The number of aryl methyl sites for hydroxylation is 6. The molecule has 13 aromatic carbocycles. The van der Waals surface area contributed by atoms with Gasteiger partial charge in [0.25, 0.3) is 0 Å². The van der Waals surface area contributed by atoms with E-state index in [2.05, 4.69) is 259 Å². The molecule has 2 saturated carbocycles. The molecule has 2 fully saturated rings. The number of nitrogens with zero attached hydrogens (tertiary/aromatic N) is 6. The average molecular weight is 1970 g/mol. The Morgan fingerprint density at radius 1 is 0.267 bits per heavy atom. The van der Waals surface area contributed by atoms with E-state index in [9.17, 15) is 0 Å². The Morgan fingerprint density at radius 2 is 0.563 bits per heavy atom. The molecule has 678 valence electrons. The van der Waals surface area contributed by atoms with Gasteiger partial charge < -0.3 is 39.4 Å². The van der Waals surface area contributed by atoms with Crippen molar-refractivity contribution in [2.75, 3.05) is 7.11 Å². The Hall–Kier alpha value is -13.5. The minimum absolute atomic E-state index is 0.493. The number of rotatable bonds is 18. The summed E-state index contributed by atoms with van der Waals surface area (Å²) in [5.41, 5.74) is 29.3. The van der Waals surface area contributed by atoms with E-state index in [4.69, 9.17) is 54.2 Å². The third-order valence-electron chi connectivity index (χ3n) is 23.9. The van der Waals surface area contributed by atoms with Crippen molar-refractivity contribution in [1.29, 1.82) is 0 Å². The summed E-state index contributed by atoms with van der Waals surface area (Å²) >= 11 is 25.3. The van der Waals surface area contributed by atoms with Crippen LogP contribution in [0.5, 0.6) is 11.5 Å². The standard InChI is InChI=1S/C28H27ClN2O.C21H20Br2N2.C17H15ClN2.C17H16N2O.C17H16N2.C16H13ClN2/c29-24-15-7-13-22(17-24)26-27(31-28(30-26)21-11-5-2-6-12-21)23-14-8-16-25(18-23)32-19-20-9-3-1-4-10-20;22-17-10-6-14(7-11-17)19-20(15-8-12-18(23)13-9-15)25-21(24-19)16-4-2-1-3-5-16;1-11-3-5-13(6-4-11)16-17(20-12(2)19-16)14-7-9-15(18)10-8-14;1-12-18-16(13-6-4-3-5-7-13)17(19-12)14-8-10-15(20-2)11-9-14;1-12-8-10-15(11-9-12)17-16(18-13(2)19-17)14-6-4-3-5-7-14;1-11-18-15(12-5-3-2-4-6-12)16(19-11)13-7-9-14(17)10-8-13/h1,3-4,7-10,13-18,21H,2,5-6,11-12,19H2,(H,30,31);6-13,16H,1-5H2,(H,24,25);3-10H,1-2H3,(H,19,20);3-11H,1-2H3,(H,18,19);3-11H,1-2H3,(H,18,19);2-10H,1H3,(H,18,19). The highest BCUT2D eigenvalue weighted by molar-refractivity contribution is 9.10.